The van der Waals surface area contributed by atoms with Crippen LogP contribution >= 0.6 is 27.3 Å². The average molecular weight is 342 g/mol. The van der Waals surface area contributed by atoms with Crippen LogP contribution in [0.4, 0.5) is 5.13 Å². The molecular formula is C12H12BrN3O2S. The second-order valence-corrected chi connectivity index (χ2v) is 5.65. The van der Waals surface area contributed by atoms with Gasteiger partial charge in [-0.2, -0.15) is 0 Å². The van der Waals surface area contributed by atoms with Gasteiger partial charge in [-0.3, -0.25) is 14.9 Å². The fourth-order valence-electron chi connectivity index (χ4n) is 1.58. The highest BCUT2D eigenvalue weighted by molar-refractivity contribution is 9.10. The molecule has 0 radical (unpaired) electrons. The number of hydrogen-bond donors (Lipinski definition) is 1. The number of aromatic nitrogens is 2. The lowest BCUT2D eigenvalue weighted by Gasteiger charge is -2.05. The van der Waals surface area contributed by atoms with E-state index in [1.807, 2.05) is 17.7 Å². The third kappa shape index (κ3) is 3.10. The minimum atomic E-state index is -0.239. The molecule has 1 amide bonds. The summed E-state index contributed by atoms with van der Waals surface area (Å²) < 4.78 is 2.68. The number of Topliss-reactive ketones (excluding diaryl/α,β-unsaturated/α-hetero) is 1. The molecule has 0 aliphatic heterocycles. The van der Waals surface area contributed by atoms with E-state index in [1.165, 1.54) is 18.3 Å². The number of carbonyl (C=O) groups excluding carboxylic acids is 2. The number of nitrogens with one attached hydrogen (secondary N) is 1. The molecule has 0 spiro atoms. The van der Waals surface area contributed by atoms with E-state index in [4.69, 9.17) is 0 Å². The highest BCUT2D eigenvalue weighted by Gasteiger charge is 2.14. The Hall–Kier alpha value is -1.47. The standard InChI is InChI=1S/C12H12BrN3O2S/c1-3-16-5-8(13)4-10(16)11(18)15-12-14-9(6-19-12)7(2)17/h4-6H,3H2,1-2H3,(H,14,15,18). The summed E-state index contributed by atoms with van der Waals surface area (Å²) >= 11 is 4.58. The van der Waals surface area contributed by atoms with Crippen molar-refractivity contribution >= 4 is 44.1 Å². The number of ketones is 1. The third-order valence-corrected chi connectivity index (χ3v) is 3.71. The predicted octanol–water partition coefficient (Wildman–Crippen LogP) is 3.18. The number of rotatable bonds is 4. The molecule has 2 rings (SSSR count). The molecule has 0 saturated heterocycles. The second kappa shape index (κ2) is 5.66. The van der Waals surface area contributed by atoms with Crippen molar-refractivity contribution in [1.82, 2.24) is 9.55 Å². The monoisotopic (exact) mass is 341 g/mol. The van der Waals surface area contributed by atoms with Crippen LogP contribution in [-0.2, 0) is 6.54 Å². The molecule has 5 nitrogen and oxygen atoms in total. The van der Waals surface area contributed by atoms with Gasteiger partial charge in [-0.05, 0) is 28.9 Å². The van der Waals surface area contributed by atoms with Crippen LogP contribution in [0.15, 0.2) is 22.1 Å². The summed E-state index contributed by atoms with van der Waals surface area (Å²) in [6.07, 6.45) is 1.85. The van der Waals surface area contributed by atoms with Gasteiger partial charge in [0.1, 0.15) is 11.4 Å². The van der Waals surface area contributed by atoms with E-state index in [0.717, 1.165) is 4.47 Å². The number of thiazole rings is 1. The number of nitrogens with zero attached hydrogens (tertiary/aromatic N) is 2. The van der Waals surface area contributed by atoms with Crippen LogP contribution < -0.4 is 5.32 Å². The summed E-state index contributed by atoms with van der Waals surface area (Å²) in [6.45, 7) is 4.10. The zero-order valence-electron chi connectivity index (χ0n) is 10.4. The van der Waals surface area contributed by atoms with Gasteiger partial charge < -0.3 is 4.57 Å². The number of carbonyl (C=O) groups is 2. The Morgan fingerprint density at radius 3 is 2.84 bits per heavy atom. The van der Waals surface area contributed by atoms with Crippen molar-refractivity contribution in [3.63, 3.8) is 0 Å². The van der Waals surface area contributed by atoms with E-state index in [2.05, 4.69) is 26.2 Å². The quantitative estimate of drug-likeness (QED) is 0.868. The van der Waals surface area contributed by atoms with Gasteiger partial charge in [0, 0.05) is 29.5 Å². The molecule has 0 bridgehead atoms. The molecule has 100 valence electrons. The fraction of sp³-hybridized carbons (Fsp3) is 0.250. The van der Waals surface area contributed by atoms with Gasteiger partial charge in [-0.1, -0.05) is 0 Å². The Bertz CT molecular complexity index is 633. The maximum Gasteiger partial charge on any atom is 0.274 e. The minimum absolute atomic E-state index is 0.114. The molecule has 2 aromatic heterocycles. The predicted molar refractivity (Wildman–Crippen MR) is 77.9 cm³/mol. The van der Waals surface area contributed by atoms with Gasteiger partial charge in [0.15, 0.2) is 10.9 Å². The SMILES string of the molecule is CCn1cc(Br)cc1C(=O)Nc1nc(C(C)=O)cs1. The molecule has 0 aliphatic rings. The van der Waals surface area contributed by atoms with E-state index >= 15 is 0 Å². The zero-order valence-corrected chi connectivity index (χ0v) is 12.8. The summed E-state index contributed by atoms with van der Waals surface area (Å²) in [5.74, 6) is -0.353. The van der Waals surface area contributed by atoms with E-state index in [9.17, 15) is 9.59 Å². The molecule has 0 atom stereocenters. The third-order valence-electron chi connectivity index (χ3n) is 2.52. The fourth-order valence-corrected chi connectivity index (χ4v) is 2.79. The van der Waals surface area contributed by atoms with Crippen LogP contribution in [0.3, 0.4) is 0 Å². The Morgan fingerprint density at radius 1 is 1.53 bits per heavy atom. The van der Waals surface area contributed by atoms with Gasteiger partial charge in [0.25, 0.3) is 5.91 Å². The summed E-state index contributed by atoms with van der Waals surface area (Å²) in [7, 11) is 0. The first-order valence-corrected chi connectivity index (χ1v) is 7.32. The van der Waals surface area contributed by atoms with Crippen molar-refractivity contribution in [2.24, 2.45) is 0 Å². The van der Waals surface area contributed by atoms with Crippen LogP contribution in [0.5, 0.6) is 0 Å². The number of aryl methyl sites for hydroxylation is 1. The first-order valence-electron chi connectivity index (χ1n) is 5.64. The van der Waals surface area contributed by atoms with Gasteiger partial charge in [-0.15, -0.1) is 11.3 Å². The van der Waals surface area contributed by atoms with Gasteiger partial charge in [-0.25, -0.2) is 4.98 Å². The van der Waals surface area contributed by atoms with Crippen molar-refractivity contribution < 1.29 is 9.59 Å². The maximum atomic E-state index is 12.1. The molecule has 7 heteroatoms. The van der Waals surface area contributed by atoms with Crippen molar-refractivity contribution in [1.29, 1.82) is 0 Å². The normalized spacial score (nSPS) is 10.5. The Morgan fingerprint density at radius 2 is 2.26 bits per heavy atom. The summed E-state index contributed by atoms with van der Waals surface area (Å²) in [6, 6.07) is 1.75. The molecule has 0 fully saturated rings. The van der Waals surface area contributed by atoms with Crippen molar-refractivity contribution in [2.45, 2.75) is 20.4 Å². The molecule has 19 heavy (non-hydrogen) atoms. The lowest BCUT2D eigenvalue weighted by molar-refractivity contribution is 0.1000. The number of halogens is 1. The van der Waals surface area contributed by atoms with Crippen LogP contribution in [0.25, 0.3) is 0 Å². The van der Waals surface area contributed by atoms with E-state index in [1.54, 1.807) is 11.4 Å². The van der Waals surface area contributed by atoms with Crippen LogP contribution in [0.1, 0.15) is 34.8 Å². The Balaban J connectivity index is 2.18. The molecule has 1 N–H and O–H groups in total. The largest absolute Gasteiger partial charge is 0.343 e. The molecule has 0 aliphatic carbocycles. The maximum absolute atomic E-state index is 12.1. The summed E-state index contributed by atoms with van der Waals surface area (Å²) in [5, 5.41) is 4.75. The first-order chi connectivity index (χ1) is 9.01. The molecule has 0 unspecified atom stereocenters. The molecule has 0 saturated carbocycles. The van der Waals surface area contributed by atoms with Crippen molar-refractivity contribution in [3.8, 4) is 0 Å². The lowest BCUT2D eigenvalue weighted by atomic mass is 10.4. The second-order valence-electron chi connectivity index (χ2n) is 3.88. The molecular weight excluding hydrogens is 330 g/mol. The first kappa shape index (κ1) is 14.0. The van der Waals surface area contributed by atoms with Gasteiger partial charge in [0.2, 0.25) is 0 Å². The lowest BCUT2D eigenvalue weighted by Crippen LogP contribution is -2.16. The van der Waals surface area contributed by atoms with Gasteiger partial charge in [0.05, 0.1) is 0 Å². The molecule has 2 heterocycles. The van der Waals surface area contributed by atoms with Gasteiger partial charge >= 0.3 is 0 Å². The topological polar surface area (TPSA) is 64.0 Å². The van der Waals surface area contributed by atoms with Crippen LogP contribution in [0, 0.1) is 0 Å². The Labute approximate surface area is 122 Å². The Kier molecular flexibility index (Phi) is 4.16. The smallest absolute Gasteiger partial charge is 0.274 e. The van der Waals surface area contributed by atoms with Crippen molar-refractivity contribution in [2.75, 3.05) is 5.32 Å². The number of anilines is 1. The summed E-state index contributed by atoms with van der Waals surface area (Å²) in [4.78, 5) is 27.3. The highest BCUT2D eigenvalue weighted by atomic mass is 79.9. The average Bonchev–Trinajstić information content (AvgIpc) is 2.95. The molecule has 0 aromatic carbocycles. The zero-order chi connectivity index (χ0) is 14.0. The van der Waals surface area contributed by atoms with E-state index in [-0.39, 0.29) is 11.7 Å². The minimum Gasteiger partial charge on any atom is -0.343 e. The summed E-state index contributed by atoms with van der Waals surface area (Å²) in [5.41, 5.74) is 0.918. The van der Waals surface area contributed by atoms with E-state index in [0.29, 0.717) is 23.1 Å². The highest BCUT2D eigenvalue weighted by Crippen LogP contribution is 2.19. The van der Waals surface area contributed by atoms with Crippen LogP contribution in [-0.4, -0.2) is 21.2 Å². The molecule has 2 aromatic rings. The van der Waals surface area contributed by atoms with Crippen molar-refractivity contribution in [3.05, 3.63) is 33.5 Å². The number of amides is 1. The van der Waals surface area contributed by atoms with E-state index < -0.39 is 0 Å². The number of hydrogen-bond acceptors (Lipinski definition) is 4. The van der Waals surface area contributed by atoms with Crippen LogP contribution in [0.2, 0.25) is 0 Å².